The molecule has 19 heavy (non-hydrogen) atoms. The Balaban J connectivity index is 2.21. The highest BCUT2D eigenvalue weighted by Gasteiger charge is 2.39. The quantitative estimate of drug-likeness (QED) is 0.843. The number of rotatable bonds is 1. The molecule has 0 bridgehead atoms. The summed E-state index contributed by atoms with van der Waals surface area (Å²) >= 11 is 0. The van der Waals surface area contributed by atoms with Crippen LogP contribution in [-0.4, -0.2) is 10.1 Å². The summed E-state index contributed by atoms with van der Waals surface area (Å²) in [6.07, 6.45) is 5.35. The van der Waals surface area contributed by atoms with Gasteiger partial charge in [-0.15, -0.1) is 0 Å². The lowest BCUT2D eigenvalue weighted by Crippen LogP contribution is -2.33. The van der Waals surface area contributed by atoms with E-state index in [0.29, 0.717) is 5.92 Å². The SMILES string of the molecule is Cc1ccncc1C1(O)CCC(C)c2ccccc21. The van der Waals surface area contributed by atoms with Crippen molar-refractivity contribution in [1.29, 1.82) is 0 Å². The molecule has 1 aromatic heterocycles. The van der Waals surface area contributed by atoms with E-state index in [2.05, 4.69) is 30.1 Å². The van der Waals surface area contributed by atoms with Crippen molar-refractivity contribution in [1.82, 2.24) is 4.98 Å². The van der Waals surface area contributed by atoms with Gasteiger partial charge in [-0.05, 0) is 48.4 Å². The van der Waals surface area contributed by atoms with E-state index >= 15 is 0 Å². The molecule has 2 aromatic rings. The maximum Gasteiger partial charge on any atom is 0.117 e. The zero-order valence-corrected chi connectivity index (χ0v) is 11.4. The Morgan fingerprint density at radius 3 is 2.79 bits per heavy atom. The molecule has 1 heterocycles. The van der Waals surface area contributed by atoms with Gasteiger partial charge in [-0.1, -0.05) is 31.2 Å². The van der Waals surface area contributed by atoms with Gasteiger partial charge in [0, 0.05) is 18.0 Å². The van der Waals surface area contributed by atoms with Crippen LogP contribution in [0.5, 0.6) is 0 Å². The number of pyridine rings is 1. The molecule has 0 amide bonds. The molecular weight excluding hydrogens is 234 g/mol. The van der Waals surface area contributed by atoms with Gasteiger partial charge in [0.1, 0.15) is 5.60 Å². The number of nitrogens with zero attached hydrogens (tertiary/aromatic N) is 1. The van der Waals surface area contributed by atoms with Crippen molar-refractivity contribution >= 4 is 0 Å². The van der Waals surface area contributed by atoms with E-state index in [1.54, 1.807) is 6.20 Å². The first-order valence-electron chi connectivity index (χ1n) is 6.86. The average Bonchev–Trinajstić information content (AvgIpc) is 2.44. The highest BCUT2D eigenvalue weighted by molar-refractivity contribution is 5.45. The summed E-state index contributed by atoms with van der Waals surface area (Å²) in [5.74, 6) is 0.508. The molecule has 0 saturated heterocycles. The smallest absolute Gasteiger partial charge is 0.117 e. The van der Waals surface area contributed by atoms with Crippen molar-refractivity contribution in [2.45, 2.75) is 38.2 Å². The van der Waals surface area contributed by atoms with Crippen molar-refractivity contribution in [3.8, 4) is 0 Å². The molecule has 1 N–H and O–H groups in total. The van der Waals surface area contributed by atoms with E-state index in [1.165, 1.54) is 5.56 Å². The van der Waals surface area contributed by atoms with Gasteiger partial charge in [-0.3, -0.25) is 4.98 Å². The lowest BCUT2D eigenvalue weighted by molar-refractivity contribution is 0.0570. The molecule has 2 nitrogen and oxygen atoms in total. The number of aromatic nitrogens is 1. The first kappa shape index (κ1) is 12.4. The van der Waals surface area contributed by atoms with Crippen molar-refractivity contribution in [3.63, 3.8) is 0 Å². The summed E-state index contributed by atoms with van der Waals surface area (Å²) in [5, 5.41) is 11.3. The van der Waals surface area contributed by atoms with E-state index < -0.39 is 5.60 Å². The molecule has 0 spiro atoms. The van der Waals surface area contributed by atoms with Crippen molar-refractivity contribution in [3.05, 3.63) is 65.0 Å². The van der Waals surface area contributed by atoms with Gasteiger partial charge in [-0.25, -0.2) is 0 Å². The van der Waals surface area contributed by atoms with Crippen LogP contribution in [-0.2, 0) is 5.60 Å². The van der Waals surface area contributed by atoms with E-state index in [0.717, 1.165) is 29.5 Å². The van der Waals surface area contributed by atoms with Crippen LogP contribution in [0, 0.1) is 6.92 Å². The highest BCUT2D eigenvalue weighted by Crippen LogP contribution is 2.45. The summed E-state index contributed by atoms with van der Waals surface area (Å²) < 4.78 is 0. The Morgan fingerprint density at radius 2 is 2.00 bits per heavy atom. The minimum Gasteiger partial charge on any atom is -0.380 e. The third-order valence-electron chi connectivity index (χ3n) is 4.36. The normalized spacial score (nSPS) is 25.9. The molecule has 0 aliphatic heterocycles. The monoisotopic (exact) mass is 253 g/mol. The second-order valence-electron chi connectivity index (χ2n) is 5.58. The number of aliphatic hydroxyl groups is 1. The zero-order valence-electron chi connectivity index (χ0n) is 11.4. The Labute approximate surface area is 114 Å². The number of hydrogen-bond acceptors (Lipinski definition) is 2. The Kier molecular flexibility index (Phi) is 2.90. The summed E-state index contributed by atoms with van der Waals surface area (Å²) in [6.45, 7) is 4.27. The summed E-state index contributed by atoms with van der Waals surface area (Å²) in [4.78, 5) is 4.20. The molecule has 3 rings (SSSR count). The molecule has 1 aromatic carbocycles. The van der Waals surface area contributed by atoms with Crippen molar-refractivity contribution < 1.29 is 5.11 Å². The van der Waals surface area contributed by atoms with Crippen LogP contribution in [0.25, 0.3) is 0 Å². The molecule has 0 saturated carbocycles. The second-order valence-corrected chi connectivity index (χ2v) is 5.58. The van der Waals surface area contributed by atoms with Gasteiger partial charge in [0.05, 0.1) is 0 Å². The second kappa shape index (κ2) is 4.46. The van der Waals surface area contributed by atoms with Gasteiger partial charge < -0.3 is 5.11 Å². The number of hydrogen-bond donors (Lipinski definition) is 1. The van der Waals surface area contributed by atoms with Crippen molar-refractivity contribution in [2.75, 3.05) is 0 Å². The fourth-order valence-electron chi connectivity index (χ4n) is 3.20. The molecule has 98 valence electrons. The van der Waals surface area contributed by atoms with Crippen LogP contribution in [0.4, 0.5) is 0 Å². The van der Waals surface area contributed by atoms with Crippen LogP contribution in [0.3, 0.4) is 0 Å². The van der Waals surface area contributed by atoms with Crippen molar-refractivity contribution in [2.24, 2.45) is 0 Å². The van der Waals surface area contributed by atoms with Crippen LogP contribution in [0.15, 0.2) is 42.7 Å². The minimum atomic E-state index is -0.887. The maximum absolute atomic E-state index is 11.3. The lowest BCUT2D eigenvalue weighted by atomic mass is 9.71. The number of benzene rings is 1. The molecular formula is C17H19NO. The van der Waals surface area contributed by atoms with Crippen LogP contribution >= 0.6 is 0 Å². The topological polar surface area (TPSA) is 33.1 Å². The third-order valence-corrected chi connectivity index (χ3v) is 4.36. The van der Waals surface area contributed by atoms with Gasteiger partial charge in [0.2, 0.25) is 0 Å². The Bertz CT molecular complexity index is 608. The largest absolute Gasteiger partial charge is 0.380 e. The van der Waals surface area contributed by atoms with Gasteiger partial charge in [-0.2, -0.15) is 0 Å². The highest BCUT2D eigenvalue weighted by atomic mass is 16.3. The fraction of sp³-hybridized carbons (Fsp3) is 0.353. The van der Waals surface area contributed by atoms with E-state index in [4.69, 9.17) is 0 Å². The standard InChI is InChI=1S/C17H19NO/c1-12-7-9-17(19,15-6-4-3-5-14(12)15)16-11-18-10-8-13(16)2/h3-6,8,10-12,19H,7,9H2,1-2H3. The maximum atomic E-state index is 11.3. The van der Waals surface area contributed by atoms with Gasteiger partial charge >= 0.3 is 0 Å². The predicted octanol–water partition coefficient (Wildman–Crippen LogP) is 3.52. The molecule has 1 aliphatic carbocycles. The van der Waals surface area contributed by atoms with Crippen LogP contribution < -0.4 is 0 Å². The summed E-state index contributed by atoms with van der Waals surface area (Å²) in [6, 6.07) is 10.2. The predicted molar refractivity (Wildman–Crippen MR) is 76.1 cm³/mol. The first-order valence-corrected chi connectivity index (χ1v) is 6.86. The molecule has 2 atom stereocenters. The fourth-order valence-corrected chi connectivity index (χ4v) is 3.20. The molecule has 1 aliphatic rings. The molecule has 2 heteroatoms. The number of fused-ring (bicyclic) bond motifs is 1. The Hall–Kier alpha value is -1.67. The van der Waals surface area contributed by atoms with Gasteiger partial charge in [0.15, 0.2) is 0 Å². The Morgan fingerprint density at radius 1 is 1.21 bits per heavy atom. The van der Waals surface area contributed by atoms with Gasteiger partial charge in [0.25, 0.3) is 0 Å². The van der Waals surface area contributed by atoms with E-state index in [1.807, 2.05) is 25.3 Å². The summed E-state index contributed by atoms with van der Waals surface area (Å²) in [7, 11) is 0. The molecule has 0 radical (unpaired) electrons. The van der Waals surface area contributed by atoms with E-state index in [-0.39, 0.29) is 0 Å². The average molecular weight is 253 g/mol. The third kappa shape index (κ3) is 1.87. The lowest BCUT2D eigenvalue weighted by Gasteiger charge is -2.38. The first-order chi connectivity index (χ1) is 9.13. The molecule has 0 fully saturated rings. The number of aryl methyl sites for hydroxylation is 1. The van der Waals surface area contributed by atoms with Crippen LogP contribution in [0.2, 0.25) is 0 Å². The minimum absolute atomic E-state index is 0.508. The zero-order chi connectivity index (χ0) is 13.5. The van der Waals surface area contributed by atoms with Crippen LogP contribution in [0.1, 0.15) is 47.9 Å². The summed E-state index contributed by atoms with van der Waals surface area (Å²) in [5.41, 5.74) is 3.46. The van der Waals surface area contributed by atoms with E-state index in [9.17, 15) is 5.11 Å². The molecule has 2 unspecified atom stereocenters.